The minimum Gasteiger partial charge on any atom is -0.446 e. The van der Waals surface area contributed by atoms with E-state index in [1.807, 2.05) is 25.1 Å². The monoisotopic (exact) mass is 310 g/mol. The molecule has 0 aliphatic carbocycles. The van der Waals surface area contributed by atoms with Crippen LogP contribution in [0, 0.1) is 0 Å². The summed E-state index contributed by atoms with van der Waals surface area (Å²) in [6.45, 7) is 0.367. The molecule has 0 bridgehead atoms. The van der Waals surface area contributed by atoms with Gasteiger partial charge in [0.1, 0.15) is 5.76 Å². The molecule has 8 heteroatoms. The second-order valence-corrected chi connectivity index (χ2v) is 6.39. The predicted octanol–water partition coefficient (Wildman–Crippen LogP) is 1.26. The Morgan fingerprint density at radius 3 is 2.71 bits per heavy atom. The van der Waals surface area contributed by atoms with Crippen molar-refractivity contribution in [1.29, 1.82) is 0 Å². The molecule has 0 aliphatic heterocycles. The molecule has 0 atom stereocenters. The molecule has 2 aromatic heterocycles. The molecule has 0 saturated carbocycles. The van der Waals surface area contributed by atoms with Crippen molar-refractivity contribution in [2.45, 2.75) is 11.6 Å². The molecule has 0 saturated heterocycles. The Balaban J connectivity index is 2.11. The zero-order valence-electron chi connectivity index (χ0n) is 12.1. The molecule has 2 N–H and O–H groups in total. The fourth-order valence-electron chi connectivity index (χ4n) is 1.79. The molecule has 21 heavy (non-hydrogen) atoms. The summed E-state index contributed by atoms with van der Waals surface area (Å²) in [4.78, 5) is 6.03. The van der Waals surface area contributed by atoms with Gasteiger partial charge in [0.15, 0.2) is 0 Å². The number of sulfonamides is 1. The lowest BCUT2D eigenvalue weighted by atomic mass is 10.3. The van der Waals surface area contributed by atoms with Crippen molar-refractivity contribution in [3.63, 3.8) is 0 Å². The van der Waals surface area contributed by atoms with Crippen LogP contribution in [-0.2, 0) is 16.6 Å². The van der Waals surface area contributed by atoms with Crippen LogP contribution >= 0.6 is 0 Å². The van der Waals surface area contributed by atoms with Gasteiger partial charge in [0.25, 0.3) is 10.0 Å². The fraction of sp³-hybridized carbons (Fsp3) is 0.308. The van der Waals surface area contributed by atoms with Crippen molar-refractivity contribution in [2.75, 3.05) is 31.4 Å². The van der Waals surface area contributed by atoms with E-state index in [1.54, 1.807) is 18.5 Å². The molecular weight excluding hydrogens is 292 g/mol. The van der Waals surface area contributed by atoms with Crippen molar-refractivity contribution in [1.82, 2.24) is 9.71 Å². The highest BCUT2D eigenvalue weighted by atomic mass is 32.2. The first-order valence-corrected chi connectivity index (χ1v) is 7.80. The highest BCUT2D eigenvalue weighted by Crippen LogP contribution is 2.23. The van der Waals surface area contributed by atoms with Crippen LogP contribution in [-0.4, -0.2) is 34.5 Å². The maximum absolute atomic E-state index is 11.6. The summed E-state index contributed by atoms with van der Waals surface area (Å²) >= 11 is 0. The second kappa shape index (κ2) is 6.15. The molecule has 0 fully saturated rings. The van der Waals surface area contributed by atoms with Crippen LogP contribution < -0.4 is 14.9 Å². The third-order valence-corrected chi connectivity index (χ3v) is 4.19. The minimum atomic E-state index is -3.55. The van der Waals surface area contributed by atoms with Crippen LogP contribution in [0.4, 0.5) is 11.4 Å². The van der Waals surface area contributed by atoms with E-state index >= 15 is 0 Å². The summed E-state index contributed by atoms with van der Waals surface area (Å²) < 4.78 is 30.7. The number of anilines is 2. The lowest BCUT2D eigenvalue weighted by Crippen LogP contribution is -2.17. The average molecular weight is 310 g/mol. The van der Waals surface area contributed by atoms with Gasteiger partial charge in [-0.3, -0.25) is 4.98 Å². The van der Waals surface area contributed by atoms with Crippen LogP contribution in [0.1, 0.15) is 5.76 Å². The molecule has 0 unspecified atom stereocenters. The van der Waals surface area contributed by atoms with E-state index < -0.39 is 10.0 Å². The predicted molar refractivity (Wildman–Crippen MR) is 80.8 cm³/mol. The van der Waals surface area contributed by atoms with E-state index in [9.17, 15) is 8.42 Å². The van der Waals surface area contributed by atoms with E-state index in [-0.39, 0.29) is 5.09 Å². The normalized spacial score (nSPS) is 11.4. The standard InChI is InChI=1S/C13H18N4O3S/c1-14-21(18,19)13-5-4-10(20-13)8-16-11-9-15-7-6-12(11)17(2)3/h4-7,9,14,16H,8H2,1-3H3. The van der Waals surface area contributed by atoms with Crippen LogP contribution in [0.3, 0.4) is 0 Å². The largest absolute Gasteiger partial charge is 0.446 e. The summed E-state index contributed by atoms with van der Waals surface area (Å²) in [6.07, 6.45) is 3.43. The Kier molecular flexibility index (Phi) is 4.49. The van der Waals surface area contributed by atoms with Crippen LogP contribution in [0.2, 0.25) is 0 Å². The van der Waals surface area contributed by atoms with Gasteiger partial charge in [-0.15, -0.1) is 0 Å². The van der Waals surface area contributed by atoms with Crippen molar-refractivity contribution in [3.05, 3.63) is 36.4 Å². The second-order valence-electron chi connectivity index (χ2n) is 4.57. The molecule has 2 aromatic rings. The van der Waals surface area contributed by atoms with E-state index in [2.05, 4.69) is 15.0 Å². The quantitative estimate of drug-likeness (QED) is 0.835. The number of aromatic nitrogens is 1. The first kappa shape index (κ1) is 15.3. The Morgan fingerprint density at radius 2 is 2.05 bits per heavy atom. The van der Waals surface area contributed by atoms with Crippen molar-refractivity contribution in [2.24, 2.45) is 0 Å². The molecule has 2 rings (SSSR count). The minimum absolute atomic E-state index is 0.0965. The third kappa shape index (κ3) is 3.53. The lowest BCUT2D eigenvalue weighted by molar-refractivity contribution is 0.417. The van der Waals surface area contributed by atoms with Gasteiger partial charge < -0.3 is 14.6 Å². The lowest BCUT2D eigenvalue weighted by Gasteiger charge is -2.17. The van der Waals surface area contributed by atoms with Gasteiger partial charge in [-0.05, 0) is 25.2 Å². The van der Waals surface area contributed by atoms with Crippen molar-refractivity contribution >= 4 is 21.4 Å². The average Bonchev–Trinajstić information content (AvgIpc) is 2.95. The highest BCUT2D eigenvalue weighted by molar-refractivity contribution is 7.89. The molecule has 0 radical (unpaired) electrons. The molecule has 114 valence electrons. The Morgan fingerprint density at radius 1 is 1.29 bits per heavy atom. The first-order chi connectivity index (χ1) is 9.94. The summed E-state index contributed by atoms with van der Waals surface area (Å²) in [7, 11) is 1.67. The maximum Gasteiger partial charge on any atom is 0.273 e. The van der Waals surface area contributed by atoms with Gasteiger partial charge in [0.05, 0.1) is 24.1 Å². The summed E-state index contributed by atoms with van der Waals surface area (Å²) in [5, 5.41) is 3.08. The number of nitrogens with one attached hydrogen (secondary N) is 2. The number of furan rings is 1. The van der Waals surface area contributed by atoms with Gasteiger partial charge in [0.2, 0.25) is 5.09 Å². The Hall–Kier alpha value is -2.06. The summed E-state index contributed by atoms with van der Waals surface area (Å²) in [6, 6.07) is 4.95. The van der Waals surface area contributed by atoms with E-state index in [4.69, 9.17) is 4.42 Å². The van der Waals surface area contributed by atoms with E-state index in [0.29, 0.717) is 12.3 Å². The fourth-order valence-corrected chi connectivity index (χ4v) is 2.46. The van der Waals surface area contributed by atoms with Crippen LogP contribution in [0.5, 0.6) is 0 Å². The molecule has 0 spiro atoms. The zero-order chi connectivity index (χ0) is 15.5. The Labute approximate surface area is 124 Å². The van der Waals surface area contributed by atoms with Crippen LogP contribution in [0.15, 0.2) is 40.1 Å². The van der Waals surface area contributed by atoms with Crippen LogP contribution in [0.25, 0.3) is 0 Å². The van der Waals surface area contributed by atoms with Gasteiger partial charge in [-0.25, -0.2) is 13.1 Å². The zero-order valence-corrected chi connectivity index (χ0v) is 12.9. The van der Waals surface area contributed by atoms with Crippen molar-refractivity contribution in [3.8, 4) is 0 Å². The summed E-state index contributed by atoms with van der Waals surface area (Å²) in [5.74, 6) is 0.525. The molecule has 0 amide bonds. The molecule has 0 aliphatic rings. The topological polar surface area (TPSA) is 87.5 Å². The number of nitrogens with zero attached hydrogens (tertiary/aromatic N) is 2. The molecule has 2 heterocycles. The smallest absolute Gasteiger partial charge is 0.273 e. The van der Waals surface area contributed by atoms with Crippen molar-refractivity contribution < 1.29 is 12.8 Å². The van der Waals surface area contributed by atoms with E-state index in [1.165, 1.54) is 13.1 Å². The highest BCUT2D eigenvalue weighted by Gasteiger charge is 2.16. The summed E-state index contributed by atoms with van der Waals surface area (Å²) in [5.41, 5.74) is 1.83. The SMILES string of the molecule is CNS(=O)(=O)c1ccc(CNc2cnccc2N(C)C)o1. The molecular formula is C13H18N4O3S. The number of hydrogen-bond acceptors (Lipinski definition) is 6. The van der Waals surface area contributed by atoms with Gasteiger partial charge in [-0.2, -0.15) is 0 Å². The number of rotatable bonds is 6. The van der Waals surface area contributed by atoms with Gasteiger partial charge in [0, 0.05) is 20.3 Å². The molecule has 7 nitrogen and oxygen atoms in total. The number of hydrogen-bond donors (Lipinski definition) is 2. The third-order valence-electron chi connectivity index (χ3n) is 2.90. The number of pyridine rings is 1. The Bertz CT molecular complexity index is 710. The van der Waals surface area contributed by atoms with E-state index in [0.717, 1.165) is 11.4 Å². The van der Waals surface area contributed by atoms with Gasteiger partial charge >= 0.3 is 0 Å². The maximum atomic E-state index is 11.6. The van der Waals surface area contributed by atoms with Gasteiger partial charge in [-0.1, -0.05) is 0 Å². The first-order valence-electron chi connectivity index (χ1n) is 6.31. The molecule has 0 aromatic carbocycles.